The Morgan fingerprint density at radius 1 is 1.08 bits per heavy atom. The van der Waals surface area contributed by atoms with Gasteiger partial charge >= 0.3 is 0 Å². The van der Waals surface area contributed by atoms with Crippen LogP contribution in [-0.4, -0.2) is 20.8 Å². The van der Waals surface area contributed by atoms with Crippen molar-refractivity contribution in [3.05, 3.63) is 124 Å². The van der Waals surface area contributed by atoms with Gasteiger partial charge in [-0.05, 0) is 79.3 Å². The van der Waals surface area contributed by atoms with Crippen molar-refractivity contribution in [2.45, 2.75) is 44.6 Å². The summed E-state index contributed by atoms with van der Waals surface area (Å²) in [4.78, 5) is 13.1. The average molecular weight is 508 g/mol. The zero-order chi connectivity index (χ0) is 26.2. The number of fused-ring (bicyclic) bond motifs is 1. The van der Waals surface area contributed by atoms with Crippen molar-refractivity contribution in [1.29, 1.82) is 0 Å². The fourth-order valence-electron chi connectivity index (χ4n) is 6.23. The molecule has 1 unspecified atom stereocenters. The molecule has 6 heteroatoms. The van der Waals surface area contributed by atoms with Gasteiger partial charge < -0.3 is 10.4 Å². The molecule has 1 amide bonds. The first kappa shape index (κ1) is 24.2. The number of aromatic nitrogens is 2. The summed E-state index contributed by atoms with van der Waals surface area (Å²) in [5.41, 5.74) is 7.85. The zero-order valence-corrected chi connectivity index (χ0v) is 21.3. The van der Waals surface area contributed by atoms with Crippen molar-refractivity contribution in [2.75, 3.05) is 0 Å². The molecule has 0 fully saturated rings. The van der Waals surface area contributed by atoms with Crippen LogP contribution in [0.15, 0.2) is 96.2 Å². The molecular weight excluding hydrogens is 477 g/mol. The number of aromatic hydroxyl groups is 1. The number of hydrogen-bond donors (Lipinski definition) is 2. The predicted octanol–water partition coefficient (Wildman–Crippen LogP) is 6.64. The van der Waals surface area contributed by atoms with Crippen molar-refractivity contribution in [3.8, 4) is 11.4 Å². The Balaban J connectivity index is 1.26. The standard InChI is InChI=1S/C32H30FN3O2/c1-20-28-19-34-36(26-13-11-25(33)12-14-26)30(28)18-24-8-7-23(31(20)24)17-29(21-5-3-2-4-6-21)35-32(38)22-9-15-27(37)16-10-22/h2-6,9-16,19-20,23,29,37H,7-8,17-18H2,1H3,(H,35,38)/t20-,23+,29?/m0/s1. The summed E-state index contributed by atoms with van der Waals surface area (Å²) in [5.74, 6) is 0.329. The molecule has 0 spiro atoms. The predicted molar refractivity (Wildman–Crippen MR) is 145 cm³/mol. The van der Waals surface area contributed by atoms with Crippen LogP contribution in [0.3, 0.4) is 0 Å². The number of benzene rings is 3. The number of hydrogen-bond acceptors (Lipinski definition) is 3. The minimum absolute atomic E-state index is 0.134. The van der Waals surface area contributed by atoms with Crippen LogP contribution in [0.1, 0.15) is 65.3 Å². The first-order chi connectivity index (χ1) is 18.5. The molecule has 6 rings (SSSR count). The second-order valence-corrected chi connectivity index (χ2v) is 10.3. The summed E-state index contributed by atoms with van der Waals surface area (Å²) in [7, 11) is 0. The maximum atomic E-state index is 13.5. The van der Waals surface area contributed by atoms with Crippen LogP contribution in [0, 0.1) is 11.7 Å². The van der Waals surface area contributed by atoms with Crippen molar-refractivity contribution >= 4 is 5.91 Å². The lowest BCUT2D eigenvalue weighted by Crippen LogP contribution is -2.30. The van der Waals surface area contributed by atoms with Gasteiger partial charge in [-0.15, -0.1) is 0 Å². The van der Waals surface area contributed by atoms with Crippen LogP contribution in [0.5, 0.6) is 5.75 Å². The Bertz CT molecular complexity index is 1490. The highest BCUT2D eigenvalue weighted by Crippen LogP contribution is 2.49. The van der Waals surface area contributed by atoms with Gasteiger partial charge in [0.15, 0.2) is 0 Å². The van der Waals surface area contributed by atoms with E-state index in [4.69, 9.17) is 0 Å². The van der Waals surface area contributed by atoms with E-state index in [9.17, 15) is 14.3 Å². The number of phenols is 1. The number of allylic oxidation sites excluding steroid dienone is 2. The Hall–Kier alpha value is -4.19. The van der Waals surface area contributed by atoms with E-state index in [1.165, 1.54) is 46.7 Å². The second-order valence-electron chi connectivity index (χ2n) is 10.3. The van der Waals surface area contributed by atoms with Gasteiger partial charge in [-0.1, -0.05) is 48.4 Å². The van der Waals surface area contributed by atoms with E-state index >= 15 is 0 Å². The molecule has 3 atom stereocenters. The van der Waals surface area contributed by atoms with E-state index in [0.717, 1.165) is 36.9 Å². The number of halogens is 1. The van der Waals surface area contributed by atoms with Crippen molar-refractivity contribution in [2.24, 2.45) is 5.92 Å². The molecule has 0 saturated carbocycles. The third-order valence-electron chi connectivity index (χ3n) is 8.09. The minimum Gasteiger partial charge on any atom is -0.508 e. The SMILES string of the molecule is C[C@@H]1C2=C(CC[C@@H]2CC(NC(=O)c2ccc(O)cc2)c2ccccc2)Cc2c1cnn2-c1ccc(F)cc1. The molecule has 4 aromatic rings. The molecule has 38 heavy (non-hydrogen) atoms. The lowest BCUT2D eigenvalue weighted by molar-refractivity contribution is 0.0931. The quantitative estimate of drug-likeness (QED) is 0.287. The molecule has 2 aliphatic rings. The van der Waals surface area contributed by atoms with Gasteiger partial charge in [0.25, 0.3) is 5.91 Å². The molecular formula is C32H30FN3O2. The molecule has 0 bridgehead atoms. The van der Waals surface area contributed by atoms with Crippen LogP contribution in [0.2, 0.25) is 0 Å². The van der Waals surface area contributed by atoms with Crippen LogP contribution in [-0.2, 0) is 6.42 Å². The molecule has 0 saturated heterocycles. The van der Waals surface area contributed by atoms with Crippen molar-refractivity contribution in [3.63, 3.8) is 0 Å². The molecule has 5 nitrogen and oxygen atoms in total. The number of rotatable bonds is 6. The van der Waals surface area contributed by atoms with E-state index in [1.807, 2.05) is 29.1 Å². The van der Waals surface area contributed by atoms with Crippen LogP contribution in [0.25, 0.3) is 5.69 Å². The largest absolute Gasteiger partial charge is 0.508 e. The van der Waals surface area contributed by atoms with Crippen molar-refractivity contribution < 1.29 is 14.3 Å². The van der Waals surface area contributed by atoms with Gasteiger partial charge in [-0.2, -0.15) is 5.10 Å². The number of phenolic OH excluding ortho intramolecular Hbond substituents is 1. The lowest BCUT2D eigenvalue weighted by atomic mass is 9.77. The summed E-state index contributed by atoms with van der Waals surface area (Å²) in [6.45, 7) is 2.26. The molecule has 1 aromatic heterocycles. The molecule has 1 heterocycles. The zero-order valence-electron chi connectivity index (χ0n) is 21.3. The first-order valence-electron chi connectivity index (χ1n) is 13.2. The van der Waals surface area contributed by atoms with Crippen molar-refractivity contribution in [1.82, 2.24) is 15.1 Å². The third kappa shape index (κ3) is 4.51. The highest BCUT2D eigenvalue weighted by Gasteiger charge is 2.37. The summed E-state index contributed by atoms with van der Waals surface area (Å²) in [6.07, 6.45) is 5.72. The second kappa shape index (κ2) is 9.93. The van der Waals surface area contributed by atoms with Gasteiger partial charge in [-0.3, -0.25) is 4.79 Å². The van der Waals surface area contributed by atoms with E-state index < -0.39 is 0 Å². The number of nitrogens with one attached hydrogen (secondary N) is 1. The fraction of sp³-hybridized carbons (Fsp3) is 0.250. The first-order valence-corrected chi connectivity index (χ1v) is 13.2. The van der Waals surface area contributed by atoms with Crippen LogP contribution >= 0.6 is 0 Å². The highest BCUT2D eigenvalue weighted by molar-refractivity contribution is 5.94. The number of nitrogens with zero attached hydrogens (tertiary/aromatic N) is 2. The van der Waals surface area contributed by atoms with E-state index in [0.29, 0.717) is 11.5 Å². The average Bonchev–Trinajstić information content (AvgIpc) is 3.54. The lowest BCUT2D eigenvalue weighted by Gasteiger charge is -2.30. The summed E-state index contributed by atoms with van der Waals surface area (Å²) in [6, 6.07) is 22.9. The van der Waals surface area contributed by atoms with Crippen LogP contribution in [0.4, 0.5) is 4.39 Å². The summed E-state index contributed by atoms with van der Waals surface area (Å²) < 4.78 is 15.4. The maximum Gasteiger partial charge on any atom is 0.251 e. The van der Waals surface area contributed by atoms with Gasteiger partial charge in [0.2, 0.25) is 0 Å². The maximum absolute atomic E-state index is 13.5. The Morgan fingerprint density at radius 2 is 1.82 bits per heavy atom. The van der Waals surface area contributed by atoms with Gasteiger partial charge in [0.05, 0.1) is 23.6 Å². The molecule has 3 aromatic carbocycles. The Labute approximate surface area is 221 Å². The Morgan fingerprint density at radius 3 is 2.55 bits per heavy atom. The molecule has 0 aliphatic heterocycles. The molecule has 0 radical (unpaired) electrons. The smallest absolute Gasteiger partial charge is 0.251 e. The topological polar surface area (TPSA) is 67.2 Å². The number of carbonyl (C=O) groups excluding carboxylic acids is 1. The van der Waals surface area contributed by atoms with E-state index in [2.05, 4.69) is 29.5 Å². The van der Waals surface area contributed by atoms with E-state index in [1.54, 1.807) is 24.3 Å². The molecule has 2 N–H and O–H groups in total. The van der Waals surface area contributed by atoms with Gasteiger partial charge in [-0.25, -0.2) is 9.07 Å². The minimum atomic E-state index is -0.253. The normalized spacial score (nSPS) is 19.1. The summed E-state index contributed by atoms with van der Waals surface area (Å²) >= 11 is 0. The Kier molecular flexibility index (Phi) is 6.32. The monoisotopic (exact) mass is 507 g/mol. The fourth-order valence-corrected chi connectivity index (χ4v) is 6.23. The summed E-state index contributed by atoms with van der Waals surface area (Å²) in [5, 5.41) is 17.6. The highest BCUT2D eigenvalue weighted by atomic mass is 19.1. The molecule has 192 valence electrons. The molecule has 2 aliphatic carbocycles. The third-order valence-corrected chi connectivity index (χ3v) is 8.09. The van der Waals surface area contributed by atoms with E-state index in [-0.39, 0.29) is 29.4 Å². The van der Waals surface area contributed by atoms with Gasteiger partial charge in [0.1, 0.15) is 11.6 Å². The van der Waals surface area contributed by atoms with Crippen LogP contribution < -0.4 is 5.32 Å². The number of amides is 1. The number of carbonyl (C=O) groups is 1. The van der Waals surface area contributed by atoms with Gasteiger partial charge in [0, 0.05) is 23.5 Å².